The molecule has 0 radical (unpaired) electrons. The average molecular weight is 273 g/mol. The van der Waals surface area contributed by atoms with Crippen molar-refractivity contribution in [3.05, 3.63) is 42.0 Å². The summed E-state index contributed by atoms with van der Waals surface area (Å²) in [6.07, 6.45) is 0. The highest BCUT2D eigenvalue weighted by Gasteiger charge is 2.13. The molecule has 1 amide bonds. The van der Waals surface area contributed by atoms with Crippen molar-refractivity contribution in [3.8, 4) is 5.75 Å². The maximum atomic E-state index is 11.9. The lowest BCUT2D eigenvalue weighted by molar-refractivity contribution is -0.141. The third-order valence-electron chi connectivity index (χ3n) is 2.81. The Hall–Kier alpha value is -2.56. The zero-order valence-corrected chi connectivity index (χ0v) is 11.1. The Labute approximate surface area is 116 Å². The molecule has 0 spiro atoms. The molecule has 2 N–H and O–H groups in total. The lowest BCUT2D eigenvalue weighted by Crippen LogP contribution is -2.30. The van der Waals surface area contributed by atoms with Crippen LogP contribution < -0.4 is 5.32 Å². The highest BCUT2D eigenvalue weighted by molar-refractivity contribution is 6.02. The van der Waals surface area contributed by atoms with Gasteiger partial charge in [0, 0.05) is 0 Å². The molecule has 0 fully saturated rings. The van der Waals surface area contributed by atoms with Gasteiger partial charge in [0.25, 0.3) is 5.91 Å². The number of rotatable bonds is 4. The van der Waals surface area contributed by atoms with Gasteiger partial charge in [0.05, 0.1) is 12.2 Å². The second kappa shape index (κ2) is 6.06. The van der Waals surface area contributed by atoms with E-state index in [1.165, 1.54) is 6.07 Å². The summed E-state index contributed by atoms with van der Waals surface area (Å²) in [5.41, 5.74) is 0.132. The molecule has 2 rings (SSSR count). The number of hydrogen-bond donors (Lipinski definition) is 2. The van der Waals surface area contributed by atoms with Crippen LogP contribution in [-0.4, -0.2) is 30.1 Å². The molecule has 2 aromatic carbocycles. The van der Waals surface area contributed by atoms with Gasteiger partial charge in [0.1, 0.15) is 12.3 Å². The van der Waals surface area contributed by atoms with E-state index in [1.807, 2.05) is 24.3 Å². The monoisotopic (exact) mass is 273 g/mol. The molecule has 0 heterocycles. The number of hydrogen-bond acceptors (Lipinski definition) is 4. The van der Waals surface area contributed by atoms with Crippen LogP contribution in [0.25, 0.3) is 10.8 Å². The normalized spacial score (nSPS) is 10.2. The number of benzene rings is 2. The zero-order chi connectivity index (χ0) is 14.5. The number of carbonyl (C=O) groups is 2. The highest BCUT2D eigenvalue weighted by atomic mass is 16.5. The first-order valence-electron chi connectivity index (χ1n) is 6.27. The van der Waals surface area contributed by atoms with E-state index in [0.717, 1.165) is 10.8 Å². The van der Waals surface area contributed by atoms with Crippen LogP contribution in [0.3, 0.4) is 0 Å². The van der Waals surface area contributed by atoms with Crippen molar-refractivity contribution < 1.29 is 19.4 Å². The number of amides is 1. The second-order valence-electron chi connectivity index (χ2n) is 4.20. The Balaban J connectivity index is 2.17. The van der Waals surface area contributed by atoms with Gasteiger partial charge in [-0.15, -0.1) is 0 Å². The number of phenols is 1. The molecule has 0 aliphatic carbocycles. The third-order valence-corrected chi connectivity index (χ3v) is 2.81. The largest absolute Gasteiger partial charge is 0.507 e. The molecule has 0 aliphatic heterocycles. The molecule has 104 valence electrons. The number of phenolic OH excluding ortho intramolecular Hbond substituents is 1. The number of carbonyl (C=O) groups excluding carboxylic acids is 2. The lowest BCUT2D eigenvalue weighted by atomic mass is 10.1. The first-order chi connectivity index (χ1) is 9.61. The Morgan fingerprint density at radius 3 is 2.50 bits per heavy atom. The fourth-order valence-electron chi connectivity index (χ4n) is 1.87. The number of nitrogens with one attached hydrogen (secondary N) is 1. The maximum absolute atomic E-state index is 11.9. The Bertz CT molecular complexity index is 651. The van der Waals surface area contributed by atoms with Gasteiger partial charge in [-0.1, -0.05) is 24.3 Å². The molecule has 0 saturated carbocycles. The van der Waals surface area contributed by atoms with Crippen molar-refractivity contribution in [1.29, 1.82) is 0 Å². The Kier molecular flexibility index (Phi) is 4.20. The van der Waals surface area contributed by atoms with E-state index in [-0.39, 0.29) is 24.5 Å². The molecule has 0 bridgehead atoms. The predicted octanol–water partition coefficient (Wildman–Crippen LogP) is 1.84. The summed E-state index contributed by atoms with van der Waals surface area (Å²) < 4.78 is 4.71. The lowest BCUT2D eigenvalue weighted by Gasteiger charge is -2.08. The zero-order valence-electron chi connectivity index (χ0n) is 11.1. The standard InChI is InChI=1S/C15H15NO4/c1-2-20-14(18)9-16-15(19)12-7-10-5-3-4-6-11(10)8-13(12)17/h3-8,17H,2,9H2,1H3,(H,16,19). The van der Waals surface area contributed by atoms with Gasteiger partial charge in [0.15, 0.2) is 0 Å². The van der Waals surface area contributed by atoms with E-state index in [1.54, 1.807) is 13.0 Å². The maximum Gasteiger partial charge on any atom is 0.325 e. The molecule has 5 nitrogen and oxygen atoms in total. The van der Waals surface area contributed by atoms with Gasteiger partial charge in [-0.05, 0) is 29.8 Å². The summed E-state index contributed by atoms with van der Waals surface area (Å²) in [5.74, 6) is -1.15. The fourth-order valence-corrected chi connectivity index (χ4v) is 1.87. The number of fused-ring (bicyclic) bond motifs is 1. The van der Waals surface area contributed by atoms with Crippen molar-refractivity contribution in [3.63, 3.8) is 0 Å². The molecule has 0 aliphatic rings. The van der Waals surface area contributed by atoms with Crippen LogP contribution in [0.15, 0.2) is 36.4 Å². The van der Waals surface area contributed by atoms with Crippen molar-refractivity contribution in [2.45, 2.75) is 6.92 Å². The molecule has 0 atom stereocenters. The minimum absolute atomic E-state index is 0.120. The van der Waals surface area contributed by atoms with Gasteiger partial charge in [0.2, 0.25) is 0 Å². The summed E-state index contributed by atoms with van der Waals surface area (Å²) >= 11 is 0. The van der Waals surface area contributed by atoms with Gasteiger partial charge in [-0.25, -0.2) is 0 Å². The van der Waals surface area contributed by atoms with Crippen LogP contribution in [0.2, 0.25) is 0 Å². The van der Waals surface area contributed by atoms with E-state index in [2.05, 4.69) is 5.32 Å². The summed E-state index contributed by atoms with van der Waals surface area (Å²) in [6.45, 7) is 1.73. The molecular weight excluding hydrogens is 258 g/mol. The number of ether oxygens (including phenoxy) is 1. The second-order valence-corrected chi connectivity index (χ2v) is 4.20. The average Bonchev–Trinajstić information content (AvgIpc) is 2.44. The highest BCUT2D eigenvalue weighted by Crippen LogP contribution is 2.24. The van der Waals surface area contributed by atoms with Crippen molar-refractivity contribution in [2.24, 2.45) is 0 Å². The molecule has 0 saturated heterocycles. The van der Waals surface area contributed by atoms with E-state index >= 15 is 0 Å². The molecule has 0 aromatic heterocycles. The van der Waals surface area contributed by atoms with Crippen LogP contribution in [0.5, 0.6) is 5.75 Å². The minimum atomic E-state index is -0.513. The van der Waals surface area contributed by atoms with Crippen LogP contribution in [0.1, 0.15) is 17.3 Å². The van der Waals surface area contributed by atoms with Crippen LogP contribution in [0, 0.1) is 0 Å². The van der Waals surface area contributed by atoms with Gasteiger partial charge in [-0.3, -0.25) is 9.59 Å². The van der Waals surface area contributed by atoms with Crippen LogP contribution in [-0.2, 0) is 9.53 Å². The number of esters is 1. The van der Waals surface area contributed by atoms with E-state index < -0.39 is 11.9 Å². The van der Waals surface area contributed by atoms with Gasteiger partial charge in [-0.2, -0.15) is 0 Å². The Morgan fingerprint density at radius 1 is 1.20 bits per heavy atom. The quantitative estimate of drug-likeness (QED) is 0.833. The topological polar surface area (TPSA) is 75.6 Å². The first kappa shape index (κ1) is 13.9. The molecule has 20 heavy (non-hydrogen) atoms. The third kappa shape index (κ3) is 3.06. The van der Waals surface area contributed by atoms with Crippen molar-refractivity contribution >= 4 is 22.6 Å². The van der Waals surface area contributed by atoms with Crippen molar-refractivity contribution in [2.75, 3.05) is 13.2 Å². The van der Waals surface area contributed by atoms with Gasteiger partial charge < -0.3 is 15.2 Å². The predicted molar refractivity (Wildman–Crippen MR) is 74.6 cm³/mol. The SMILES string of the molecule is CCOC(=O)CNC(=O)c1cc2ccccc2cc1O. The summed E-state index contributed by atoms with van der Waals surface area (Å²) in [5, 5.41) is 14.0. The summed E-state index contributed by atoms with van der Waals surface area (Å²) in [4.78, 5) is 23.1. The molecule has 2 aromatic rings. The summed E-state index contributed by atoms with van der Waals surface area (Å²) in [7, 11) is 0. The van der Waals surface area contributed by atoms with E-state index in [4.69, 9.17) is 4.74 Å². The number of aromatic hydroxyl groups is 1. The van der Waals surface area contributed by atoms with Gasteiger partial charge >= 0.3 is 5.97 Å². The van der Waals surface area contributed by atoms with E-state index in [0.29, 0.717) is 0 Å². The molecule has 5 heteroatoms. The smallest absolute Gasteiger partial charge is 0.325 e. The Morgan fingerprint density at radius 2 is 1.85 bits per heavy atom. The molecule has 0 unspecified atom stereocenters. The first-order valence-corrected chi connectivity index (χ1v) is 6.27. The van der Waals surface area contributed by atoms with Crippen LogP contribution in [0.4, 0.5) is 0 Å². The van der Waals surface area contributed by atoms with E-state index in [9.17, 15) is 14.7 Å². The minimum Gasteiger partial charge on any atom is -0.507 e. The van der Waals surface area contributed by atoms with Crippen molar-refractivity contribution in [1.82, 2.24) is 5.32 Å². The van der Waals surface area contributed by atoms with Crippen LogP contribution >= 0.6 is 0 Å². The summed E-state index contributed by atoms with van der Waals surface area (Å²) in [6, 6.07) is 10.5. The molecular formula is C15H15NO4. The fraction of sp³-hybridized carbons (Fsp3) is 0.200.